The Morgan fingerprint density at radius 2 is 1.90 bits per heavy atom. The van der Waals surface area contributed by atoms with E-state index in [0.29, 0.717) is 16.9 Å². The van der Waals surface area contributed by atoms with E-state index in [1.54, 1.807) is 22.8 Å². The molecule has 0 bridgehead atoms. The molecule has 0 unspecified atom stereocenters. The summed E-state index contributed by atoms with van der Waals surface area (Å²) in [6, 6.07) is 15.0. The molecule has 0 saturated carbocycles. The Morgan fingerprint density at radius 1 is 1.14 bits per heavy atom. The molecule has 0 fully saturated rings. The summed E-state index contributed by atoms with van der Waals surface area (Å²) in [7, 11) is 1.31. The van der Waals surface area contributed by atoms with Crippen LogP contribution in [0.3, 0.4) is 0 Å². The van der Waals surface area contributed by atoms with Gasteiger partial charge >= 0.3 is 5.97 Å². The van der Waals surface area contributed by atoms with Crippen molar-refractivity contribution >= 4 is 45.0 Å². The molecule has 0 aliphatic carbocycles. The van der Waals surface area contributed by atoms with Crippen LogP contribution in [0.4, 0.5) is 5.69 Å². The van der Waals surface area contributed by atoms with Crippen LogP contribution in [0.5, 0.6) is 0 Å². The Hall–Kier alpha value is -3.26. The van der Waals surface area contributed by atoms with Gasteiger partial charge in [-0.15, -0.1) is 0 Å². The second kappa shape index (κ2) is 9.29. The van der Waals surface area contributed by atoms with Crippen LogP contribution in [-0.2, 0) is 32.1 Å². The number of nitrogens with one attached hydrogen (secondary N) is 1. The minimum Gasteiger partial charge on any atom is -0.468 e. The fourth-order valence-electron chi connectivity index (χ4n) is 2.84. The van der Waals surface area contributed by atoms with Crippen LogP contribution in [0.1, 0.15) is 18.9 Å². The summed E-state index contributed by atoms with van der Waals surface area (Å²) in [4.78, 5) is 40.3. The maximum absolute atomic E-state index is 12.4. The third-order valence-electron chi connectivity index (χ3n) is 4.21. The first kappa shape index (κ1) is 20.5. The van der Waals surface area contributed by atoms with E-state index in [4.69, 9.17) is 4.74 Å². The molecule has 1 N–H and O–H groups in total. The SMILES string of the molecule is COC(=O)Cn1c(=NC(=O)CCc2ccccc2)sc2cc(NC(C)=O)ccc21. The van der Waals surface area contributed by atoms with Gasteiger partial charge in [0.05, 0.1) is 17.3 Å². The lowest BCUT2D eigenvalue weighted by atomic mass is 10.1. The van der Waals surface area contributed by atoms with E-state index in [2.05, 4.69) is 10.3 Å². The lowest BCUT2D eigenvalue weighted by Gasteiger charge is -2.05. The molecule has 29 heavy (non-hydrogen) atoms. The highest BCUT2D eigenvalue weighted by molar-refractivity contribution is 7.16. The van der Waals surface area contributed by atoms with Gasteiger partial charge in [0.25, 0.3) is 0 Å². The van der Waals surface area contributed by atoms with Crippen molar-refractivity contribution in [2.45, 2.75) is 26.3 Å². The smallest absolute Gasteiger partial charge is 0.325 e. The van der Waals surface area contributed by atoms with Crippen LogP contribution in [-0.4, -0.2) is 29.5 Å². The quantitative estimate of drug-likeness (QED) is 0.632. The number of amides is 2. The zero-order chi connectivity index (χ0) is 20.8. The molecule has 150 valence electrons. The largest absolute Gasteiger partial charge is 0.468 e. The normalized spacial score (nSPS) is 11.4. The van der Waals surface area contributed by atoms with Gasteiger partial charge in [-0.1, -0.05) is 41.7 Å². The number of esters is 1. The number of carbonyl (C=O) groups is 3. The average Bonchev–Trinajstić information content (AvgIpc) is 3.02. The third-order valence-corrected chi connectivity index (χ3v) is 5.25. The van der Waals surface area contributed by atoms with Crippen molar-refractivity contribution in [1.82, 2.24) is 4.57 Å². The fraction of sp³-hybridized carbons (Fsp3) is 0.238. The lowest BCUT2D eigenvalue weighted by molar-refractivity contribution is -0.141. The van der Waals surface area contributed by atoms with Gasteiger partial charge in [0.1, 0.15) is 6.54 Å². The number of fused-ring (bicyclic) bond motifs is 1. The van der Waals surface area contributed by atoms with Crippen LogP contribution >= 0.6 is 11.3 Å². The molecule has 3 aromatic rings. The second-order valence-electron chi connectivity index (χ2n) is 6.40. The predicted octanol–water partition coefficient (Wildman–Crippen LogP) is 2.89. The average molecular weight is 411 g/mol. The van der Waals surface area contributed by atoms with Crippen LogP contribution in [0.25, 0.3) is 10.2 Å². The maximum atomic E-state index is 12.4. The first-order valence-electron chi connectivity index (χ1n) is 9.05. The molecular weight excluding hydrogens is 390 g/mol. The van der Waals surface area contributed by atoms with E-state index in [1.807, 2.05) is 30.3 Å². The molecule has 1 aromatic heterocycles. The molecule has 2 aromatic carbocycles. The molecular formula is C21H21N3O4S. The Morgan fingerprint density at radius 3 is 2.59 bits per heavy atom. The summed E-state index contributed by atoms with van der Waals surface area (Å²) in [5, 5.41) is 2.73. The second-order valence-corrected chi connectivity index (χ2v) is 7.41. The number of aryl methyl sites for hydroxylation is 1. The number of nitrogens with zero attached hydrogens (tertiary/aromatic N) is 2. The van der Waals surface area contributed by atoms with Crippen LogP contribution < -0.4 is 10.1 Å². The number of carbonyl (C=O) groups excluding carboxylic acids is 3. The van der Waals surface area contributed by atoms with Gasteiger partial charge in [-0.3, -0.25) is 14.4 Å². The van der Waals surface area contributed by atoms with Crippen molar-refractivity contribution in [2.24, 2.45) is 4.99 Å². The Kier molecular flexibility index (Phi) is 6.56. The highest BCUT2D eigenvalue weighted by Crippen LogP contribution is 2.22. The molecule has 0 atom stereocenters. The standard InChI is InChI=1S/C21H21N3O4S/c1-14(25)22-16-9-10-17-18(12-16)29-21(24(17)13-20(27)28-2)23-19(26)11-8-15-6-4-3-5-7-15/h3-7,9-10,12H,8,11,13H2,1-2H3,(H,22,25). The Labute approximate surface area is 171 Å². The van der Waals surface area contributed by atoms with Crippen molar-refractivity contribution in [3.8, 4) is 0 Å². The van der Waals surface area contributed by atoms with E-state index < -0.39 is 5.97 Å². The van der Waals surface area contributed by atoms with E-state index >= 15 is 0 Å². The topological polar surface area (TPSA) is 89.8 Å². The van der Waals surface area contributed by atoms with Crippen LogP contribution in [0, 0.1) is 0 Å². The molecule has 0 saturated heterocycles. The van der Waals surface area contributed by atoms with Gasteiger partial charge in [0, 0.05) is 19.0 Å². The van der Waals surface area contributed by atoms with Gasteiger partial charge in [-0.2, -0.15) is 4.99 Å². The van der Waals surface area contributed by atoms with Crippen molar-refractivity contribution in [2.75, 3.05) is 12.4 Å². The molecule has 0 spiro atoms. The summed E-state index contributed by atoms with van der Waals surface area (Å²) in [5.41, 5.74) is 2.44. The molecule has 3 rings (SSSR count). The van der Waals surface area contributed by atoms with E-state index in [-0.39, 0.29) is 24.8 Å². The van der Waals surface area contributed by atoms with Gasteiger partial charge in [-0.05, 0) is 30.2 Å². The zero-order valence-corrected chi connectivity index (χ0v) is 17.0. The minimum atomic E-state index is -0.436. The van der Waals surface area contributed by atoms with Crippen molar-refractivity contribution in [1.29, 1.82) is 0 Å². The first-order chi connectivity index (χ1) is 14.0. The lowest BCUT2D eigenvalue weighted by Crippen LogP contribution is -2.22. The molecule has 0 radical (unpaired) electrons. The zero-order valence-electron chi connectivity index (χ0n) is 16.2. The third kappa shape index (κ3) is 5.39. The highest BCUT2D eigenvalue weighted by atomic mass is 32.1. The number of rotatable bonds is 6. The number of hydrogen-bond donors (Lipinski definition) is 1. The summed E-state index contributed by atoms with van der Waals surface area (Å²) >= 11 is 1.28. The summed E-state index contributed by atoms with van der Waals surface area (Å²) in [5.74, 6) is -0.876. The van der Waals surface area contributed by atoms with E-state index in [1.165, 1.54) is 25.4 Å². The number of thiazole rings is 1. The van der Waals surface area contributed by atoms with Gasteiger partial charge < -0.3 is 14.6 Å². The number of anilines is 1. The monoisotopic (exact) mass is 411 g/mol. The number of benzene rings is 2. The Balaban J connectivity index is 1.93. The van der Waals surface area contributed by atoms with E-state index in [9.17, 15) is 14.4 Å². The number of aromatic nitrogens is 1. The summed E-state index contributed by atoms with van der Waals surface area (Å²) in [6.07, 6.45) is 0.866. The maximum Gasteiger partial charge on any atom is 0.325 e. The van der Waals surface area contributed by atoms with E-state index in [0.717, 1.165) is 15.8 Å². The Bertz CT molecular complexity index is 1120. The van der Waals surface area contributed by atoms with Crippen molar-refractivity contribution < 1.29 is 19.1 Å². The molecule has 0 aliphatic heterocycles. The molecule has 0 aliphatic rings. The summed E-state index contributed by atoms with van der Waals surface area (Å²) < 4.78 is 7.23. The van der Waals surface area contributed by atoms with Gasteiger partial charge in [0.15, 0.2) is 4.80 Å². The van der Waals surface area contributed by atoms with Crippen LogP contribution in [0.2, 0.25) is 0 Å². The molecule has 7 nitrogen and oxygen atoms in total. The van der Waals surface area contributed by atoms with Gasteiger partial charge in [0.2, 0.25) is 11.8 Å². The predicted molar refractivity (Wildman–Crippen MR) is 111 cm³/mol. The fourth-order valence-corrected chi connectivity index (χ4v) is 3.93. The first-order valence-corrected chi connectivity index (χ1v) is 9.87. The number of hydrogen-bond acceptors (Lipinski definition) is 5. The number of ether oxygens (including phenoxy) is 1. The minimum absolute atomic E-state index is 0.0548. The van der Waals surface area contributed by atoms with Crippen molar-refractivity contribution in [3.05, 3.63) is 58.9 Å². The van der Waals surface area contributed by atoms with Gasteiger partial charge in [-0.25, -0.2) is 0 Å². The molecule has 1 heterocycles. The molecule has 8 heteroatoms. The molecule has 2 amide bonds. The number of methoxy groups -OCH3 is 1. The van der Waals surface area contributed by atoms with Crippen LogP contribution in [0.15, 0.2) is 53.5 Å². The summed E-state index contributed by atoms with van der Waals surface area (Å²) in [6.45, 7) is 1.38. The highest BCUT2D eigenvalue weighted by Gasteiger charge is 2.13. The van der Waals surface area contributed by atoms with Crippen molar-refractivity contribution in [3.63, 3.8) is 0 Å².